The summed E-state index contributed by atoms with van der Waals surface area (Å²) in [4.78, 5) is 11.7. The zero-order chi connectivity index (χ0) is 11.3. The van der Waals surface area contributed by atoms with Gasteiger partial charge in [-0.3, -0.25) is 4.79 Å². The highest BCUT2D eigenvalue weighted by Crippen LogP contribution is 2.25. The predicted molar refractivity (Wildman–Crippen MR) is 69.9 cm³/mol. The van der Waals surface area contributed by atoms with Crippen molar-refractivity contribution in [1.29, 1.82) is 0 Å². The second kappa shape index (κ2) is 6.40. The normalized spacial score (nSPS) is 10.1. The van der Waals surface area contributed by atoms with E-state index in [2.05, 4.69) is 21.2 Å². The van der Waals surface area contributed by atoms with E-state index in [1.54, 1.807) is 30.0 Å². The second-order valence-electron chi connectivity index (χ2n) is 2.85. The summed E-state index contributed by atoms with van der Waals surface area (Å²) >= 11 is 11.0. The summed E-state index contributed by atoms with van der Waals surface area (Å²) in [5, 5.41) is 3.26. The third-order valence-corrected chi connectivity index (χ3v) is 3.70. The number of nitrogens with one attached hydrogen (secondary N) is 1. The van der Waals surface area contributed by atoms with Gasteiger partial charge in [0.15, 0.2) is 0 Å². The van der Waals surface area contributed by atoms with Gasteiger partial charge in [0, 0.05) is 16.8 Å². The molecule has 0 fully saturated rings. The molecule has 0 aliphatic rings. The number of amides is 1. The van der Waals surface area contributed by atoms with Crippen LogP contribution in [-0.2, 0) is 0 Å². The van der Waals surface area contributed by atoms with E-state index in [0.717, 1.165) is 10.2 Å². The highest BCUT2D eigenvalue weighted by molar-refractivity contribution is 9.10. The Kier molecular flexibility index (Phi) is 5.50. The van der Waals surface area contributed by atoms with Crippen LogP contribution in [0.2, 0.25) is 5.02 Å². The van der Waals surface area contributed by atoms with Crippen molar-refractivity contribution >= 4 is 45.2 Å². The van der Waals surface area contributed by atoms with Crippen molar-refractivity contribution in [3.05, 3.63) is 33.3 Å². The maximum absolute atomic E-state index is 11.7. The van der Waals surface area contributed by atoms with Crippen molar-refractivity contribution in [3.63, 3.8) is 0 Å². The van der Waals surface area contributed by atoms with Crippen molar-refractivity contribution in [2.75, 3.05) is 18.6 Å². The summed E-state index contributed by atoms with van der Waals surface area (Å²) in [5.74, 6) is 0.771. The van der Waals surface area contributed by atoms with Gasteiger partial charge in [0.05, 0.1) is 10.6 Å². The number of thioether (sulfide) groups is 1. The molecular formula is C10H11BrClNOS. The quantitative estimate of drug-likeness (QED) is 0.866. The highest BCUT2D eigenvalue weighted by atomic mass is 79.9. The van der Waals surface area contributed by atoms with Crippen molar-refractivity contribution < 1.29 is 4.79 Å². The lowest BCUT2D eigenvalue weighted by molar-refractivity contribution is 0.0956. The SMILES string of the molecule is CSCCNC(=O)c1cccc(Br)c1Cl. The second-order valence-corrected chi connectivity index (χ2v) is 5.07. The standard InChI is InChI=1S/C10H11BrClNOS/c1-15-6-5-13-10(14)7-3-2-4-8(11)9(7)12/h2-4H,5-6H2,1H3,(H,13,14). The number of hydrogen-bond acceptors (Lipinski definition) is 2. The van der Waals surface area contributed by atoms with Gasteiger partial charge in [-0.05, 0) is 34.3 Å². The van der Waals surface area contributed by atoms with E-state index in [4.69, 9.17) is 11.6 Å². The molecule has 0 aliphatic carbocycles. The topological polar surface area (TPSA) is 29.1 Å². The molecule has 0 saturated carbocycles. The fourth-order valence-electron chi connectivity index (χ4n) is 1.04. The Balaban J connectivity index is 2.69. The van der Waals surface area contributed by atoms with Crippen LogP contribution in [-0.4, -0.2) is 24.5 Å². The predicted octanol–water partition coefficient (Wildman–Crippen LogP) is 3.20. The van der Waals surface area contributed by atoms with Gasteiger partial charge in [0.1, 0.15) is 0 Å². The summed E-state index contributed by atoms with van der Waals surface area (Å²) in [7, 11) is 0. The van der Waals surface area contributed by atoms with Gasteiger partial charge in [0.2, 0.25) is 0 Å². The number of hydrogen-bond donors (Lipinski definition) is 1. The largest absolute Gasteiger partial charge is 0.351 e. The maximum atomic E-state index is 11.7. The molecule has 0 aromatic heterocycles. The van der Waals surface area contributed by atoms with Gasteiger partial charge >= 0.3 is 0 Å². The molecular weight excluding hydrogens is 298 g/mol. The Bertz CT molecular complexity index is 359. The zero-order valence-corrected chi connectivity index (χ0v) is 11.4. The fourth-order valence-corrected chi connectivity index (χ4v) is 1.93. The van der Waals surface area contributed by atoms with E-state index < -0.39 is 0 Å². The number of halogens is 2. The molecule has 0 radical (unpaired) electrons. The van der Waals surface area contributed by atoms with Crippen LogP contribution in [0.1, 0.15) is 10.4 Å². The molecule has 1 aromatic rings. The van der Waals surface area contributed by atoms with E-state index >= 15 is 0 Å². The first kappa shape index (κ1) is 12.9. The molecule has 0 spiro atoms. The molecule has 2 nitrogen and oxygen atoms in total. The third kappa shape index (κ3) is 3.70. The molecule has 0 aliphatic heterocycles. The van der Waals surface area contributed by atoms with E-state index in [0.29, 0.717) is 17.1 Å². The van der Waals surface area contributed by atoms with E-state index in [1.807, 2.05) is 6.26 Å². The minimum atomic E-state index is -0.129. The Morgan fingerprint density at radius 3 is 3.00 bits per heavy atom. The summed E-state index contributed by atoms with van der Waals surface area (Å²) in [5.41, 5.74) is 0.507. The van der Waals surface area contributed by atoms with E-state index in [-0.39, 0.29) is 5.91 Å². The fraction of sp³-hybridized carbons (Fsp3) is 0.300. The van der Waals surface area contributed by atoms with Crippen LogP contribution in [0.4, 0.5) is 0 Å². The molecule has 1 N–H and O–H groups in total. The van der Waals surface area contributed by atoms with Gasteiger partial charge in [-0.15, -0.1) is 0 Å². The molecule has 0 bridgehead atoms. The van der Waals surface area contributed by atoms with Crippen molar-refractivity contribution in [1.82, 2.24) is 5.32 Å². The molecule has 0 heterocycles. The number of benzene rings is 1. The van der Waals surface area contributed by atoms with Crippen LogP contribution in [0.25, 0.3) is 0 Å². The van der Waals surface area contributed by atoms with Gasteiger partial charge in [-0.25, -0.2) is 0 Å². The van der Waals surface area contributed by atoms with Crippen LogP contribution in [0.3, 0.4) is 0 Å². The first-order chi connectivity index (χ1) is 7.16. The van der Waals surface area contributed by atoms with Crippen LogP contribution in [0.5, 0.6) is 0 Å². The van der Waals surface area contributed by atoms with Crippen molar-refractivity contribution in [2.24, 2.45) is 0 Å². The molecule has 0 atom stereocenters. The lowest BCUT2D eigenvalue weighted by Gasteiger charge is -2.06. The molecule has 0 unspecified atom stereocenters. The molecule has 1 aromatic carbocycles. The highest BCUT2D eigenvalue weighted by Gasteiger charge is 2.11. The zero-order valence-electron chi connectivity index (χ0n) is 8.22. The molecule has 15 heavy (non-hydrogen) atoms. The van der Waals surface area contributed by atoms with E-state index in [1.165, 1.54) is 0 Å². The monoisotopic (exact) mass is 307 g/mol. The Morgan fingerprint density at radius 1 is 1.60 bits per heavy atom. The minimum absolute atomic E-state index is 0.129. The molecule has 1 rings (SSSR count). The number of rotatable bonds is 4. The third-order valence-electron chi connectivity index (χ3n) is 1.79. The first-order valence-corrected chi connectivity index (χ1v) is 6.94. The van der Waals surface area contributed by atoms with Gasteiger partial charge < -0.3 is 5.32 Å². The summed E-state index contributed by atoms with van der Waals surface area (Å²) in [6, 6.07) is 5.31. The Hall–Kier alpha value is -0.190. The lowest BCUT2D eigenvalue weighted by Crippen LogP contribution is -2.25. The van der Waals surface area contributed by atoms with Gasteiger partial charge in [-0.2, -0.15) is 11.8 Å². The van der Waals surface area contributed by atoms with Crippen LogP contribution < -0.4 is 5.32 Å². The summed E-state index contributed by atoms with van der Waals surface area (Å²) in [6.45, 7) is 0.656. The minimum Gasteiger partial charge on any atom is -0.351 e. The maximum Gasteiger partial charge on any atom is 0.252 e. The van der Waals surface area contributed by atoms with E-state index in [9.17, 15) is 4.79 Å². The van der Waals surface area contributed by atoms with Crippen molar-refractivity contribution in [3.8, 4) is 0 Å². The van der Waals surface area contributed by atoms with Gasteiger partial charge in [0.25, 0.3) is 5.91 Å². The van der Waals surface area contributed by atoms with Crippen molar-refractivity contribution in [2.45, 2.75) is 0 Å². The molecule has 0 saturated heterocycles. The average Bonchev–Trinajstić information content (AvgIpc) is 2.22. The Labute approximate surface area is 107 Å². The first-order valence-electron chi connectivity index (χ1n) is 4.38. The lowest BCUT2D eigenvalue weighted by atomic mass is 10.2. The van der Waals surface area contributed by atoms with Crippen LogP contribution >= 0.6 is 39.3 Å². The van der Waals surface area contributed by atoms with Crippen LogP contribution in [0.15, 0.2) is 22.7 Å². The van der Waals surface area contributed by atoms with Gasteiger partial charge in [-0.1, -0.05) is 17.7 Å². The molecule has 82 valence electrons. The number of carbonyl (C=O) groups excluding carboxylic acids is 1. The molecule has 5 heteroatoms. The summed E-state index contributed by atoms with van der Waals surface area (Å²) < 4.78 is 0.738. The smallest absolute Gasteiger partial charge is 0.252 e. The Morgan fingerprint density at radius 2 is 2.33 bits per heavy atom. The average molecular weight is 309 g/mol. The summed E-state index contributed by atoms with van der Waals surface area (Å²) in [6.07, 6.45) is 2.00. The molecule has 1 amide bonds. The number of carbonyl (C=O) groups is 1. The van der Waals surface area contributed by atoms with Crippen LogP contribution in [0, 0.1) is 0 Å².